The van der Waals surface area contributed by atoms with Crippen LogP contribution >= 0.6 is 0 Å². The lowest BCUT2D eigenvalue weighted by atomic mass is 9.88. The molecule has 7 nitrogen and oxygen atoms in total. The van der Waals surface area contributed by atoms with Crippen LogP contribution in [-0.2, 0) is 14.3 Å². The van der Waals surface area contributed by atoms with E-state index in [4.69, 9.17) is 5.11 Å². The van der Waals surface area contributed by atoms with Gasteiger partial charge in [0.1, 0.15) is 0 Å². The summed E-state index contributed by atoms with van der Waals surface area (Å²) in [6.07, 6.45) is 1.17. The molecule has 0 bridgehead atoms. The number of rotatable bonds is 8. The Kier molecular flexibility index (Phi) is 7.64. The number of carboxylic acid groups (broad SMARTS) is 1. The van der Waals surface area contributed by atoms with Crippen molar-refractivity contribution in [1.29, 1.82) is 0 Å². The molecule has 0 aromatic carbocycles. The van der Waals surface area contributed by atoms with E-state index in [2.05, 4.69) is 10.1 Å². The Morgan fingerprint density at radius 3 is 2.40 bits per heavy atom. The summed E-state index contributed by atoms with van der Waals surface area (Å²) in [5, 5.41) is 11.7. The Balaban J connectivity index is 4.14. The number of esters is 1. The van der Waals surface area contributed by atoms with Gasteiger partial charge in [-0.25, -0.2) is 4.79 Å². The zero-order valence-electron chi connectivity index (χ0n) is 12.6. The zero-order chi connectivity index (χ0) is 15.8. The number of hydrogen-bond donors (Lipinski definition) is 2. The van der Waals surface area contributed by atoms with Crippen molar-refractivity contribution in [2.75, 3.05) is 27.2 Å². The summed E-state index contributed by atoms with van der Waals surface area (Å²) in [7, 11) is 2.91. The van der Waals surface area contributed by atoms with Gasteiger partial charge in [-0.15, -0.1) is 0 Å². The summed E-state index contributed by atoms with van der Waals surface area (Å²) in [6.45, 7) is 3.82. The van der Waals surface area contributed by atoms with Crippen molar-refractivity contribution in [2.45, 2.75) is 33.1 Å². The van der Waals surface area contributed by atoms with Crippen LogP contribution in [0.1, 0.15) is 33.1 Å². The van der Waals surface area contributed by atoms with Gasteiger partial charge in [-0.05, 0) is 19.8 Å². The number of nitrogens with one attached hydrogen (secondary N) is 1. The molecule has 0 aromatic rings. The molecule has 0 fully saturated rings. The minimum atomic E-state index is -0.970. The standard InChI is InChI=1S/C13H24N2O5/c1-5-13(2,11(17)18)9-14-12(19)15(3)8-6-7-10(16)20-4/h5-9H2,1-4H3,(H,14,19)(H,17,18). The highest BCUT2D eigenvalue weighted by molar-refractivity contribution is 5.77. The van der Waals surface area contributed by atoms with E-state index in [0.717, 1.165) is 0 Å². The molecule has 0 aromatic heterocycles. The highest BCUT2D eigenvalue weighted by Gasteiger charge is 2.31. The average Bonchev–Trinajstić information content (AvgIpc) is 2.43. The van der Waals surface area contributed by atoms with Gasteiger partial charge in [0, 0.05) is 26.6 Å². The number of hydrogen-bond acceptors (Lipinski definition) is 4. The Labute approximate surface area is 119 Å². The lowest BCUT2D eigenvalue weighted by molar-refractivity contribution is -0.147. The lowest BCUT2D eigenvalue weighted by Gasteiger charge is -2.25. The van der Waals surface area contributed by atoms with Gasteiger partial charge in [-0.2, -0.15) is 0 Å². The Morgan fingerprint density at radius 1 is 1.35 bits per heavy atom. The molecule has 0 radical (unpaired) electrons. The topological polar surface area (TPSA) is 95.9 Å². The largest absolute Gasteiger partial charge is 0.481 e. The van der Waals surface area contributed by atoms with Crippen LogP contribution in [0.15, 0.2) is 0 Å². The predicted octanol–water partition coefficient (Wildman–Crippen LogP) is 1.08. The fourth-order valence-corrected chi connectivity index (χ4v) is 1.42. The second-order valence-corrected chi connectivity index (χ2v) is 4.98. The Hall–Kier alpha value is -1.79. The molecule has 116 valence electrons. The number of ether oxygens (including phenoxy) is 1. The molecule has 2 N–H and O–H groups in total. The lowest BCUT2D eigenvalue weighted by Crippen LogP contribution is -2.45. The first kappa shape index (κ1) is 18.2. The number of nitrogens with zero attached hydrogens (tertiary/aromatic N) is 1. The maximum Gasteiger partial charge on any atom is 0.317 e. The number of carbonyl (C=O) groups is 3. The number of aliphatic carboxylic acids is 1. The van der Waals surface area contributed by atoms with Crippen LogP contribution in [0.4, 0.5) is 4.79 Å². The van der Waals surface area contributed by atoms with Crippen LogP contribution in [-0.4, -0.2) is 55.2 Å². The van der Waals surface area contributed by atoms with Gasteiger partial charge < -0.3 is 20.1 Å². The Bertz CT molecular complexity index is 359. The van der Waals surface area contributed by atoms with Gasteiger partial charge in [0.15, 0.2) is 0 Å². The molecule has 0 rings (SSSR count). The molecule has 1 atom stereocenters. The van der Waals surface area contributed by atoms with Gasteiger partial charge in [0.05, 0.1) is 12.5 Å². The van der Waals surface area contributed by atoms with E-state index in [9.17, 15) is 14.4 Å². The van der Waals surface area contributed by atoms with Gasteiger partial charge in [-0.3, -0.25) is 9.59 Å². The first-order valence-electron chi connectivity index (χ1n) is 6.56. The monoisotopic (exact) mass is 288 g/mol. The molecule has 0 saturated heterocycles. The number of urea groups is 1. The molecular weight excluding hydrogens is 264 g/mol. The third-order valence-electron chi connectivity index (χ3n) is 3.38. The first-order chi connectivity index (χ1) is 9.26. The van der Waals surface area contributed by atoms with E-state index in [1.165, 1.54) is 12.0 Å². The molecule has 0 aliphatic heterocycles. The third-order valence-corrected chi connectivity index (χ3v) is 3.38. The van der Waals surface area contributed by atoms with Crippen LogP contribution < -0.4 is 5.32 Å². The summed E-state index contributed by atoms with van der Waals surface area (Å²) < 4.78 is 4.50. The van der Waals surface area contributed by atoms with Crippen LogP contribution in [0.25, 0.3) is 0 Å². The summed E-state index contributed by atoms with van der Waals surface area (Å²) in [5.41, 5.74) is -0.970. The number of carboxylic acids is 1. The molecule has 0 saturated carbocycles. The van der Waals surface area contributed by atoms with Crippen molar-refractivity contribution in [2.24, 2.45) is 5.41 Å². The maximum absolute atomic E-state index is 11.8. The number of carbonyl (C=O) groups excluding carboxylic acids is 2. The van der Waals surface area contributed by atoms with E-state index in [0.29, 0.717) is 19.4 Å². The van der Waals surface area contributed by atoms with Gasteiger partial charge in [0.2, 0.25) is 0 Å². The Morgan fingerprint density at radius 2 is 1.95 bits per heavy atom. The minimum absolute atomic E-state index is 0.0685. The molecule has 2 amide bonds. The summed E-state index contributed by atoms with van der Waals surface area (Å²) in [6, 6.07) is -0.351. The molecule has 0 aliphatic rings. The predicted molar refractivity (Wildman–Crippen MR) is 73.3 cm³/mol. The molecule has 1 unspecified atom stereocenters. The van der Waals surface area contributed by atoms with Crippen molar-refractivity contribution in [3.63, 3.8) is 0 Å². The first-order valence-corrected chi connectivity index (χ1v) is 6.56. The van der Waals surface area contributed by atoms with Crippen molar-refractivity contribution < 1.29 is 24.2 Å². The van der Waals surface area contributed by atoms with E-state index < -0.39 is 11.4 Å². The average molecular weight is 288 g/mol. The van der Waals surface area contributed by atoms with E-state index in [1.54, 1.807) is 20.9 Å². The van der Waals surface area contributed by atoms with E-state index in [-0.39, 0.29) is 25.0 Å². The van der Waals surface area contributed by atoms with Crippen molar-refractivity contribution in [1.82, 2.24) is 10.2 Å². The molecule has 0 heterocycles. The van der Waals surface area contributed by atoms with Crippen molar-refractivity contribution >= 4 is 18.0 Å². The summed E-state index contributed by atoms with van der Waals surface area (Å²) >= 11 is 0. The van der Waals surface area contributed by atoms with Gasteiger partial charge >= 0.3 is 18.0 Å². The zero-order valence-corrected chi connectivity index (χ0v) is 12.6. The summed E-state index contributed by atoms with van der Waals surface area (Å²) in [5.74, 6) is -1.25. The fourth-order valence-electron chi connectivity index (χ4n) is 1.42. The van der Waals surface area contributed by atoms with Crippen LogP contribution in [0.2, 0.25) is 0 Å². The quantitative estimate of drug-likeness (QED) is 0.652. The second kappa shape index (κ2) is 8.39. The fraction of sp³-hybridized carbons (Fsp3) is 0.769. The van der Waals surface area contributed by atoms with Crippen LogP contribution in [0.3, 0.4) is 0 Å². The molecule has 0 aliphatic carbocycles. The van der Waals surface area contributed by atoms with Crippen LogP contribution in [0, 0.1) is 5.41 Å². The summed E-state index contributed by atoms with van der Waals surface area (Å²) in [4.78, 5) is 35.2. The number of methoxy groups -OCH3 is 1. The smallest absolute Gasteiger partial charge is 0.317 e. The normalized spacial score (nSPS) is 13.2. The highest BCUT2D eigenvalue weighted by Crippen LogP contribution is 2.19. The number of amides is 2. The second-order valence-electron chi connectivity index (χ2n) is 4.98. The van der Waals surface area contributed by atoms with E-state index >= 15 is 0 Å². The van der Waals surface area contributed by atoms with Crippen molar-refractivity contribution in [3.05, 3.63) is 0 Å². The molecular formula is C13H24N2O5. The third kappa shape index (κ3) is 5.90. The maximum atomic E-state index is 11.8. The highest BCUT2D eigenvalue weighted by atomic mass is 16.5. The molecule has 20 heavy (non-hydrogen) atoms. The SMILES string of the molecule is CCC(C)(CNC(=O)N(C)CCCC(=O)OC)C(=O)O. The van der Waals surface area contributed by atoms with Crippen LogP contribution in [0.5, 0.6) is 0 Å². The van der Waals surface area contributed by atoms with Gasteiger partial charge in [0.25, 0.3) is 0 Å². The van der Waals surface area contributed by atoms with Gasteiger partial charge in [-0.1, -0.05) is 6.92 Å². The van der Waals surface area contributed by atoms with E-state index in [1.807, 2.05) is 0 Å². The molecule has 7 heteroatoms. The van der Waals surface area contributed by atoms with Crippen molar-refractivity contribution in [3.8, 4) is 0 Å². The minimum Gasteiger partial charge on any atom is -0.481 e. The molecule has 0 spiro atoms.